The summed E-state index contributed by atoms with van der Waals surface area (Å²) in [5.74, 6) is 12.2. The van der Waals surface area contributed by atoms with Crippen LogP contribution in [0.15, 0.2) is 0 Å². The van der Waals surface area contributed by atoms with Crippen LogP contribution in [0.25, 0.3) is 0 Å². The van der Waals surface area contributed by atoms with Gasteiger partial charge in [0, 0.05) is 24.7 Å². The highest BCUT2D eigenvalue weighted by molar-refractivity contribution is 5.80. The molecule has 0 heterocycles. The summed E-state index contributed by atoms with van der Waals surface area (Å²) >= 11 is 0. The van der Waals surface area contributed by atoms with Crippen LogP contribution in [0.3, 0.4) is 0 Å². The van der Waals surface area contributed by atoms with Gasteiger partial charge in [-0.25, -0.2) is 0 Å². The lowest BCUT2D eigenvalue weighted by Gasteiger charge is -2.31. The molecule has 0 bridgehead atoms. The Hall–Kier alpha value is -1.94. The number of carbonyl (C=O) groups is 2. The summed E-state index contributed by atoms with van der Waals surface area (Å²) in [6, 6.07) is 0. The van der Waals surface area contributed by atoms with Crippen molar-refractivity contribution in [2.45, 2.75) is 226 Å². The first-order valence-corrected chi connectivity index (χ1v) is 20.0. The van der Waals surface area contributed by atoms with Crippen molar-refractivity contribution >= 4 is 11.8 Å². The smallest absolute Gasteiger partial charge is 0.223 e. The maximum absolute atomic E-state index is 12.9. The lowest BCUT2D eigenvalue weighted by atomic mass is 9.73. The SMILES string of the molecule is CCCCCCCCCCC(CCCCCCCC#CC#CCCCCCCCCC(N)=O)(CCCCCCCCCC)C(N)=O. The third-order valence-electron chi connectivity index (χ3n) is 9.71. The molecule has 0 aromatic heterocycles. The molecular weight excluding hydrogens is 564 g/mol. The second-order valence-corrected chi connectivity index (χ2v) is 14.1. The van der Waals surface area contributed by atoms with E-state index in [1.165, 1.54) is 128 Å². The van der Waals surface area contributed by atoms with Crippen molar-refractivity contribution in [3.63, 3.8) is 0 Å². The van der Waals surface area contributed by atoms with Crippen LogP contribution in [0, 0.1) is 29.1 Å². The Balaban J connectivity index is 4.29. The van der Waals surface area contributed by atoms with Crippen LogP contribution in [-0.4, -0.2) is 11.8 Å². The maximum Gasteiger partial charge on any atom is 0.223 e. The summed E-state index contributed by atoms with van der Waals surface area (Å²) in [6.07, 6.45) is 38.6. The molecule has 0 radical (unpaired) electrons. The van der Waals surface area contributed by atoms with Gasteiger partial charge in [0.15, 0.2) is 0 Å². The van der Waals surface area contributed by atoms with Gasteiger partial charge < -0.3 is 11.5 Å². The lowest BCUT2D eigenvalue weighted by molar-refractivity contribution is -0.129. The van der Waals surface area contributed by atoms with Crippen LogP contribution in [0.1, 0.15) is 226 Å². The van der Waals surface area contributed by atoms with Crippen molar-refractivity contribution in [2.75, 3.05) is 0 Å². The second kappa shape index (κ2) is 34.4. The minimum Gasteiger partial charge on any atom is -0.370 e. The number of hydrogen-bond donors (Lipinski definition) is 2. The summed E-state index contributed by atoms with van der Waals surface area (Å²) in [4.78, 5) is 23.6. The van der Waals surface area contributed by atoms with E-state index in [0.29, 0.717) is 6.42 Å². The Bertz CT molecular complexity index is 808. The molecule has 46 heavy (non-hydrogen) atoms. The molecule has 0 rings (SSSR count). The zero-order valence-corrected chi connectivity index (χ0v) is 30.8. The number of carbonyl (C=O) groups excluding carboxylic acids is 2. The van der Waals surface area contributed by atoms with Crippen molar-refractivity contribution < 1.29 is 9.59 Å². The van der Waals surface area contributed by atoms with E-state index in [1.54, 1.807) is 0 Å². The molecule has 0 atom stereocenters. The van der Waals surface area contributed by atoms with Gasteiger partial charge in [-0.05, 0) is 50.4 Å². The van der Waals surface area contributed by atoms with Crippen LogP contribution in [0.5, 0.6) is 0 Å². The molecule has 0 fully saturated rings. The number of primary amides is 2. The van der Waals surface area contributed by atoms with E-state index in [-0.39, 0.29) is 17.2 Å². The highest BCUT2D eigenvalue weighted by Crippen LogP contribution is 2.37. The monoisotopic (exact) mass is 641 g/mol. The van der Waals surface area contributed by atoms with Gasteiger partial charge in [0.25, 0.3) is 0 Å². The van der Waals surface area contributed by atoms with E-state index in [0.717, 1.165) is 77.0 Å². The van der Waals surface area contributed by atoms with Crippen molar-refractivity contribution in [1.29, 1.82) is 0 Å². The summed E-state index contributed by atoms with van der Waals surface area (Å²) < 4.78 is 0. The van der Waals surface area contributed by atoms with E-state index < -0.39 is 0 Å². The van der Waals surface area contributed by atoms with Crippen molar-refractivity contribution in [3.8, 4) is 23.7 Å². The highest BCUT2D eigenvalue weighted by atomic mass is 16.1. The van der Waals surface area contributed by atoms with E-state index in [9.17, 15) is 9.59 Å². The van der Waals surface area contributed by atoms with E-state index >= 15 is 0 Å². The second-order valence-electron chi connectivity index (χ2n) is 14.1. The normalized spacial score (nSPS) is 11.1. The van der Waals surface area contributed by atoms with Crippen LogP contribution in [0.2, 0.25) is 0 Å². The fourth-order valence-electron chi connectivity index (χ4n) is 6.58. The number of unbranched alkanes of at least 4 members (excludes halogenated alkanes) is 25. The van der Waals surface area contributed by atoms with E-state index in [1.807, 2.05) is 0 Å². The average molecular weight is 641 g/mol. The zero-order valence-electron chi connectivity index (χ0n) is 30.8. The largest absolute Gasteiger partial charge is 0.370 e. The molecule has 2 amide bonds. The van der Waals surface area contributed by atoms with Crippen LogP contribution < -0.4 is 11.5 Å². The molecule has 0 spiro atoms. The predicted octanol–water partition coefficient (Wildman–Crippen LogP) is 11.9. The molecule has 0 unspecified atom stereocenters. The van der Waals surface area contributed by atoms with Gasteiger partial charge in [-0.3, -0.25) is 9.59 Å². The molecule has 0 aliphatic rings. The van der Waals surface area contributed by atoms with Gasteiger partial charge in [0.05, 0.1) is 0 Å². The van der Waals surface area contributed by atoms with Gasteiger partial charge in [-0.2, -0.15) is 0 Å². The van der Waals surface area contributed by atoms with Crippen molar-refractivity contribution in [3.05, 3.63) is 0 Å². The Morgan fingerprint density at radius 1 is 0.435 bits per heavy atom. The van der Waals surface area contributed by atoms with Crippen molar-refractivity contribution in [1.82, 2.24) is 0 Å². The third-order valence-corrected chi connectivity index (χ3v) is 9.71. The van der Waals surface area contributed by atoms with Crippen LogP contribution in [0.4, 0.5) is 0 Å². The maximum atomic E-state index is 12.9. The first kappa shape index (κ1) is 44.1. The summed E-state index contributed by atoms with van der Waals surface area (Å²) in [5.41, 5.74) is 11.0. The van der Waals surface area contributed by atoms with E-state index in [2.05, 4.69) is 37.5 Å². The van der Waals surface area contributed by atoms with Gasteiger partial charge in [-0.15, -0.1) is 0 Å². The summed E-state index contributed by atoms with van der Waals surface area (Å²) in [5, 5.41) is 0. The highest BCUT2D eigenvalue weighted by Gasteiger charge is 2.34. The average Bonchev–Trinajstić information content (AvgIpc) is 3.04. The molecule has 0 aliphatic heterocycles. The fourth-order valence-corrected chi connectivity index (χ4v) is 6.58. The Labute approximate surface area is 287 Å². The molecule has 4 N–H and O–H groups in total. The van der Waals surface area contributed by atoms with Crippen LogP contribution in [-0.2, 0) is 9.59 Å². The van der Waals surface area contributed by atoms with Crippen LogP contribution >= 0.6 is 0 Å². The molecule has 0 saturated carbocycles. The Morgan fingerprint density at radius 2 is 0.739 bits per heavy atom. The molecular formula is C42H76N2O2. The topological polar surface area (TPSA) is 86.2 Å². The third kappa shape index (κ3) is 29.5. The first-order valence-electron chi connectivity index (χ1n) is 20.0. The van der Waals surface area contributed by atoms with E-state index in [4.69, 9.17) is 11.5 Å². The lowest BCUT2D eigenvalue weighted by Crippen LogP contribution is -2.37. The molecule has 0 saturated heterocycles. The zero-order chi connectivity index (χ0) is 33.8. The quantitative estimate of drug-likeness (QED) is 0.0541. The number of nitrogens with two attached hydrogens (primary N) is 2. The molecule has 0 aliphatic carbocycles. The van der Waals surface area contributed by atoms with Gasteiger partial charge in [-0.1, -0.05) is 180 Å². The van der Waals surface area contributed by atoms with Crippen molar-refractivity contribution in [2.24, 2.45) is 16.9 Å². The number of amides is 2. The molecule has 4 nitrogen and oxygen atoms in total. The van der Waals surface area contributed by atoms with Gasteiger partial charge in [0.1, 0.15) is 0 Å². The predicted molar refractivity (Wildman–Crippen MR) is 200 cm³/mol. The van der Waals surface area contributed by atoms with Gasteiger partial charge >= 0.3 is 0 Å². The first-order chi connectivity index (χ1) is 22.5. The minimum atomic E-state index is -0.291. The summed E-state index contributed by atoms with van der Waals surface area (Å²) in [7, 11) is 0. The molecule has 0 aromatic carbocycles. The molecule has 4 heteroatoms. The number of rotatable bonds is 34. The molecule has 0 aromatic rings. The number of hydrogen-bond acceptors (Lipinski definition) is 2. The Morgan fingerprint density at radius 3 is 1.07 bits per heavy atom. The Kier molecular flexibility index (Phi) is 32.9. The minimum absolute atomic E-state index is 0.0353. The summed E-state index contributed by atoms with van der Waals surface area (Å²) in [6.45, 7) is 4.54. The van der Waals surface area contributed by atoms with Gasteiger partial charge in [0.2, 0.25) is 11.8 Å². The molecule has 266 valence electrons. The standard InChI is InChI=1S/C42H76N2O2/c1-3-5-7-9-11-25-29-33-37-42(41(44)46,38-34-30-26-12-10-8-6-4-2)39-35-31-27-23-21-19-17-15-13-14-16-18-20-22-24-28-32-36-40(43)45/h3-12,16,18-39H2,1-2H3,(H2,43,45)(H2,44,46). The fraction of sp³-hybridized carbons (Fsp3) is 0.857.